The van der Waals surface area contributed by atoms with Gasteiger partial charge in [-0.05, 0) is 57.3 Å². The minimum Gasteiger partial charge on any atom is -0.480 e. The monoisotopic (exact) mass is 239 g/mol. The molecule has 0 saturated heterocycles. The van der Waals surface area contributed by atoms with Crippen molar-refractivity contribution in [2.45, 2.75) is 70.4 Å². The van der Waals surface area contributed by atoms with Gasteiger partial charge in [-0.25, -0.2) is 0 Å². The van der Waals surface area contributed by atoms with Crippen LogP contribution in [-0.4, -0.2) is 22.7 Å². The summed E-state index contributed by atoms with van der Waals surface area (Å²) in [7, 11) is 0. The molecule has 2 saturated carbocycles. The second kappa shape index (κ2) is 4.97. The number of aliphatic carboxylic acids is 1. The Balaban J connectivity index is 1.89. The molecule has 1 atom stereocenters. The predicted octanol–water partition coefficient (Wildman–Crippen LogP) is 2.80. The molecule has 0 radical (unpaired) electrons. The first-order valence-electron chi connectivity index (χ1n) is 7.07. The molecular weight excluding hydrogens is 214 g/mol. The molecule has 0 amide bonds. The van der Waals surface area contributed by atoms with Crippen molar-refractivity contribution in [1.29, 1.82) is 0 Å². The van der Waals surface area contributed by atoms with Crippen LogP contribution < -0.4 is 5.32 Å². The summed E-state index contributed by atoms with van der Waals surface area (Å²) in [6.45, 7) is 4.13. The maximum atomic E-state index is 11.4. The van der Waals surface area contributed by atoms with E-state index in [-0.39, 0.29) is 0 Å². The second-order valence-corrected chi connectivity index (χ2v) is 6.05. The highest BCUT2D eigenvalue weighted by molar-refractivity contribution is 5.79. The van der Waals surface area contributed by atoms with Crippen LogP contribution in [0.5, 0.6) is 0 Å². The van der Waals surface area contributed by atoms with Gasteiger partial charge in [0, 0.05) is 6.04 Å². The van der Waals surface area contributed by atoms with Crippen LogP contribution in [0, 0.1) is 11.8 Å². The van der Waals surface area contributed by atoms with Crippen LogP contribution in [0.25, 0.3) is 0 Å². The number of hydrogen-bond acceptors (Lipinski definition) is 2. The standard InChI is InChI=1S/C14H25NO2/c1-3-10-4-8-12(9-5-10)15-14(2,13(16)17)11-6-7-11/h10-12,15H,3-9H2,1-2H3,(H,16,17). The highest BCUT2D eigenvalue weighted by atomic mass is 16.4. The molecule has 3 heteroatoms. The van der Waals surface area contributed by atoms with E-state index in [2.05, 4.69) is 12.2 Å². The fourth-order valence-corrected chi connectivity index (χ4v) is 3.15. The van der Waals surface area contributed by atoms with Crippen molar-refractivity contribution in [3.63, 3.8) is 0 Å². The molecule has 98 valence electrons. The van der Waals surface area contributed by atoms with E-state index in [0.717, 1.165) is 31.6 Å². The molecule has 0 bridgehead atoms. The molecular formula is C14H25NO2. The number of carboxylic acids is 1. The molecule has 0 aromatic rings. The first-order valence-corrected chi connectivity index (χ1v) is 7.07. The normalized spacial score (nSPS) is 33.1. The Hall–Kier alpha value is -0.570. The third-order valence-electron chi connectivity index (χ3n) is 4.77. The molecule has 3 nitrogen and oxygen atoms in total. The van der Waals surface area contributed by atoms with E-state index in [1.807, 2.05) is 6.92 Å². The lowest BCUT2D eigenvalue weighted by Gasteiger charge is -2.35. The second-order valence-electron chi connectivity index (χ2n) is 6.05. The summed E-state index contributed by atoms with van der Waals surface area (Å²) in [5, 5.41) is 12.8. The van der Waals surface area contributed by atoms with Gasteiger partial charge in [-0.15, -0.1) is 0 Å². The van der Waals surface area contributed by atoms with Gasteiger partial charge in [0.15, 0.2) is 0 Å². The Morgan fingerprint density at radius 2 is 1.82 bits per heavy atom. The summed E-state index contributed by atoms with van der Waals surface area (Å²) in [5.74, 6) is 0.548. The van der Waals surface area contributed by atoms with Crippen molar-refractivity contribution in [1.82, 2.24) is 5.32 Å². The van der Waals surface area contributed by atoms with Crippen molar-refractivity contribution in [3.05, 3.63) is 0 Å². The lowest BCUT2D eigenvalue weighted by Crippen LogP contribution is -2.56. The molecule has 2 N–H and O–H groups in total. The first kappa shape index (κ1) is 12.9. The van der Waals surface area contributed by atoms with Crippen LogP contribution in [0.3, 0.4) is 0 Å². The van der Waals surface area contributed by atoms with Crippen molar-refractivity contribution in [2.24, 2.45) is 11.8 Å². The maximum Gasteiger partial charge on any atom is 0.323 e. The molecule has 0 aliphatic heterocycles. The number of hydrogen-bond donors (Lipinski definition) is 2. The average Bonchev–Trinajstić information content (AvgIpc) is 3.13. The highest BCUT2D eigenvalue weighted by Gasteiger charge is 2.48. The van der Waals surface area contributed by atoms with Crippen molar-refractivity contribution < 1.29 is 9.90 Å². The van der Waals surface area contributed by atoms with Gasteiger partial charge in [-0.1, -0.05) is 13.3 Å². The predicted molar refractivity (Wildman–Crippen MR) is 67.9 cm³/mol. The van der Waals surface area contributed by atoms with E-state index < -0.39 is 11.5 Å². The smallest absolute Gasteiger partial charge is 0.323 e. The van der Waals surface area contributed by atoms with Gasteiger partial charge in [-0.2, -0.15) is 0 Å². The number of carbonyl (C=O) groups is 1. The quantitative estimate of drug-likeness (QED) is 0.775. The van der Waals surface area contributed by atoms with E-state index in [9.17, 15) is 9.90 Å². The van der Waals surface area contributed by atoms with Gasteiger partial charge in [0.1, 0.15) is 5.54 Å². The Bertz CT molecular complexity index is 280. The Morgan fingerprint density at radius 1 is 1.24 bits per heavy atom. The molecule has 2 fully saturated rings. The molecule has 17 heavy (non-hydrogen) atoms. The zero-order valence-electron chi connectivity index (χ0n) is 11.0. The summed E-state index contributed by atoms with van der Waals surface area (Å²) in [4.78, 5) is 11.4. The van der Waals surface area contributed by atoms with Crippen LogP contribution in [0.15, 0.2) is 0 Å². The average molecular weight is 239 g/mol. The minimum absolute atomic E-state index is 0.351. The molecule has 2 aliphatic rings. The van der Waals surface area contributed by atoms with Gasteiger partial charge in [0.25, 0.3) is 0 Å². The Labute approximate surface area is 104 Å². The molecule has 2 rings (SSSR count). The maximum absolute atomic E-state index is 11.4. The van der Waals surface area contributed by atoms with Gasteiger partial charge in [-0.3, -0.25) is 10.1 Å². The zero-order chi connectivity index (χ0) is 12.5. The van der Waals surface area contributed by atoms with Crippen LogP contribution in [0.1, 0.15) is 58.8 Å². The zero-order valence-corrected chi connectivity index (χ0v) is 11.0. The van der Waals surface area contributed by atoms with Gasteiger partial charge < -0.3 is 5.11 Å². The largest absolute Gasteiger partial charge is 0.480 e. The SMILES string of the molecule is CCC1CCC(NC(C)(C(=O)O)C2CC2)CC1. The lowest BCUT2D eigenvalue weighted by molar-refractivity contribution is -0.145. The summed E-state index contributed by atoms with van der Waals surface area (Å²) in [6, 6.07) is 0.416. The van der Waals surface area contributed by atoms with E-state index in [1.54, 1.807) is 0 Å². The number of carboxylic acid groups (broad SMARTS) is 1. The van der Waals surface area contributed by atoms with Gasteiger partial charge in [0.2, 0.25) is 0 Å². The highest BCUT2D eigenvalue weighted by Crippen LogP contribution is 2.41. The Kier molecular flexibility index (Phi) is 3.76. The van der Waals surface area contributed by atoms with E-state index in [1.165, 1.54) is 19.3 Å². The third-order valence-corrected chi connectivity index (χ3v) is 4.77. The van der Waals surface area contributed by atoms with E-state index >= 15 is 0 Å². The van der Waals surface area contributed by atoms with Crippen LogP contribution >= 0.6 is 0 Å². The van der Waals surface area contributed by atoms with Crippen molar-refractivity contribution >= 4 is 5.97 Å². The fraction of sp³-hybridized carbons (Fsp3) is 0.929. The minimum atomic E-state index is -0.677. The molecule has 0 aromatic heterocycles. The van der Waals surface area contributed by atoms with Crippen molar-refractivity contribution in [3.8, 4) is 0 Å². The van der Waals surface area contributed by atoms with E-state index in [4.69, 9.17) is 0 Å². The van der Waals surface area contributed by atoms with Gasteiger partial charge >= 0.3 is 5.97 Å². The van der Waals surface area contributed by atoms with Crippen LogP contribution in [0.2, 0.25) is 0 Å². The number of rotatable bonds is 5. The topological polar surface area (TPSA) is 49.3 Å². The van der Waals surface area contributed by atoms with Crippen LogP contribution in [-0.2, 0) is 4.79 Å². The summed E-state index contributed by atoms with van der Waals surface area (Å²) >= 11 is 0. The van der Waals surface area contributed by atoms with Crippen molar-refractivity contribution in [2.75, 3.05) is 0 Å². The van der Waals surface area contributed by atoms with Gasteiger partial charge in [0.05, 0.1) is 0 Å². The molecule has 0 aromatic carbocycles. The summed E-state index contributed by atoms with van der Waals surface area (Å²) in [5.41, 5.74) is -0.677. The number of nitrogens with one attached hydrogen (secondary N) is 1. The first-order chi connectivity index (χ1) is 8.06. The molecule has 0 heterocycles. The molecule has 1 unspecified atom stereocenters. The summed E-state index contributed by atoms with van der Waals surface area (Å²) in [6.07, 6.45) is 8.22. The molecule has 2 aliphatic carbocycles. The Morgan fingerprint density at radius 3 is 2.24 bits per heavy atom. The third kappa shape index (κ3) is 2.82. The molecule has 0 spiro atoms. The van der Waals surface area contributed by atoms with E-state index in [0.29, 0.717) is 12.0 Å². The lowest BCUT2D eigenvalue weighted by atomic mass is 9.83. The van der Waals surface area contributed by atoms with Crippen LogP contribution in [0.4, 0.5) is 0 Å². The summed E-state index contributed by atoms with van der Waals surface area (Å²) < 4.78 is 0. The fourth-order valence-electron chi connectivity index (χ4n) is 3.15.